The number of alkyl halides is 3. The molecule has 1 heterocycles. The fourth-order valence-electron chi connectivity index (χ4n) is 2.60. The summed E-state index contributed by atoms with van der Waals surface area (Å²) in [6, 6.07) is 12.2. The summed E-state index contributed by atoms with van der Waals surface area (Å²) in [6.07, 6.45) is -4.81. The molecule has 0 unspecified atom stereocenters. The van der Waals surface area contributed by atoms with Crippen LogP contribution in [-0.4, -0.2) is 36.9 Å². The summed E-state index contributed by atoms with van der Waals surface area (Å²) in [5.74, 6) is -1.40. The summed E-state index contributed by atoms with van der Waals surface area (Å²) in [6.45, 7) is 1.62. The van der Waals surface area contributed by atoms with Gasteiger partial charge in [-0.05, 0) is 0 Å². The summed E-state index contributed by atoms with van der Waals surface area (Å²) < 4.78 is 42.1. The Morgan fingerprint density at radius 2 is 1.96 bits per heavy atom. The van der Waals surface area contributed by atoms with Crippen LogP contribution in [0.4, 0.5) is 13.2 Å². The molecule has 9 heteroatoms. The van der Waals surface area contributed by atoms with Gasteiger partial charge in [-0.2, -0.15) is 0 Å². The van der Waals surface area contributed by atoms with Crippen molar-refractivity contribution in [2.45, 2.75) is 13.3 Å². The monoisotopic (exact) mass is 452 g/mol. The number of halogens is 3. The normalized spacial score (nSPS) is 11.1. The third kappa shape index (κ3) is 4.25. The second kappa shape index (κ2) is 7.50. The molecule has 5 nitrogen and oxygen atoms in total. The van der Waals surface area contributed by atoms with Crippen LogP contribution >= 0.6 is 0 Å². The molecule has 1 aromatic heterocycles. The molecule has 0 saturated carbocycles. The number of carboxylic acid groups (broad SMARTS) is 1. The van der Waals surface area contributed by atoms with E-state index < -0.39 is 26.8 Å². The maximum absolute atomic E-state index is 12.4. The molecule has 0 fully saturated rings. The summed E-state index contributed by atoms with van der Waals surface area (Å²) in [7, 11) is 0. The van der Waals surface area contributed by atoms with Gasteiger partial charge in [-0.3, -0.25) is 0 Å². The Hall–Kier alpha value is -3.08. The first-order valence-electron chi connectivity index (χ1n) is 7.79. The van der Waals surface area contributed by atoms with Crippen molar-refractivity contribution in [2.24, 2.45) is 0 Å². The molecular formula is C19H11F3N2O3Se. The standard InChI is InChI=1S/C19H11F3N2O3Se/c1-10-16(18(25)26)28-17(24-10)12-5-6-15(13(7-12)9-23)11-3-2-4-14(8-11)27-19(20,21)22/h2-8H,1H3,(H,25,26). The Bertz CT molecular complexity index is 1100. The van der Waals surface area contributed by atoms with Crippen molar-refractivity contribution in [1.82, 2.24) is 4.98 Å². The van der Waals surface area contributed by atoms with Crippen LogP contribution in [0.15, 0.2) is 42.5 Å². The number of nitrogens with zero attached hydrogens (tertiary/aromatic N) is 2. The molecule has 2 aromatic carbocycles. The first-order chi connectivity index (χ1) is 13.2. The number of ether oxygens (including phenoxy) is 1. The molecule has 3 rings (SSSR count). The van der Waals surface area contributed by atoms with E-state index in [4.69, 9.17) is 0 Å². The quantitative estimate of drug-likeness (QED) is 0.600. The fraction of sp³-hybridized carbons (Fsp3) is 0.105. The number of nitriles is 1. The third-order valence-corrected chi connectivity index (χ3v) is 6.26. The van der Waals surface area contributed by atoms with Gasteiger partial charge in [0.25, 0.3) is 0 Å². The van der Waals surface area contributed by atoms with E-state index in [0.717, 1.165) is 0 Å². The molecule has 142 valence electrons. The number of aromatic carboxylic acids is 1. The van der Waals surface area contributed by atoms with E-state index in [0.29, 0.717) is 27.0 Å². The molecular weight excluding hydrogens is 440 g/mol. The van der Waals surface area contributed by atoms with Crippen molar-refractivity contribution in [3.63, 3.8) is 0 Å². The van der Waals surface area contributed by atoms with Crippen LogP contribution < -0.4 is 4.74 Å². The molecule has 0 aliphatic heterocycles. The summed E-state index contributed by atoms with van der Waals surface area (Å²) in [5, 5.41) is 18.7. The topological polar surface area (TPSA) is 83.2 Å². The summed E-state index contributed by atoms with van der Waals surface area (Å²) in [4.78, 5) is 15.5. The minimum atomic E-state index is -4.81. The van der Waals surface area contributed by atoms with Crippen LogP contribution in [0.25, 0.3) is 21.3 Å². The van der Waals surface area contributed by atoms with Crippen LogP contribution in [0, 0.1) is 18.3 Å². The molecule has 0 aliphatic carbocycles. The van der Waals surface area contributed by atoms with Crippen LogP contribution in [0.3, 0.4) is 0 Å². The predicted molar refractivity (Wildman–Crippen MR) is 95.1 cm³/mol. The summed E-state index contributed by atoms with van der Waals surface area (Å²) in [5.41, 5.74) is 2.11. The van der Waals surface area contributed by atoms with Gasteiger partial charge in [-0.1, -0.05) is 0 Å². The van der Waals surface area contributed by atoms with E-state index in [1.54, 1.807) is 31.2 Å². The number of hydrogen-bond acceptors (Lipinski definition) is 4. The van der Waals surface area contributed by atoms with Crippen molar-refractivity contribution >= 4 is 20.5 Å². The maximum atomic E-state index is 12.4. The first kappa shape index (κ1) is 19.7. The van der Waals surface area contributed by atoms with Crippen molar-refractivity contribution in [1.29, 1.82) is 5.26 Å². The van der Waals surface area contributed by atoms with Crippen molar-refractivity contribution in [3.05, 3.63) is 58.2 Å². The third-order valence-electron chi connectivity index (χ3n) is 3.76. The van der Waals surface area contributed by atoms with Gasteiger partial charge in [0.1, 0.15) is 0 Å². The van der Waals surface area contributed by atoms with Gasteiger partial charge in [0.05, 0.1) is 0 Å². The van der Waals surface area contributed by atoms with Gasteiger partial charge in [-0.25, -0.2) is 0 Å². The second-order valence-corrected chi connectivity index (χ2v) is 7.78. The van der Waals surface area contributed by atoms with Gasteiger partial charge in [0, 0.05) is 0 Å². The first-order valence-corrected chi connectivity index (χ1v) is 9.50. The molecule has 0 saturated heterocycles. The van der Waals surface area contributed by atoms with E-state index in [9.17, 15) is 28.3 Å². The number of rotatable bonds is 4. The second-order valence-electron chi connectivity index (χ2n) is 5.69. The Morgan fingerprint density at radius 3 is 2.57 bits per heavy atom. The van der Waals surface area contributed by atoms with Crippen LogP contribution in [0.1, 0.15) is 20.5 Å². The van der Waals surface area contributed by atoms with Crippen LogP contribution in [0.2, 0.25) is 0 Å². The number of benzene rings is 2. The number of hydrogen-bond donors (Lipinski definition) is 1. The number of aromatic nitrogens is 1. The van der Waals surface area contributed by atoms with E-state index in [2.05, 4.69) is 9.72 Å². The van der Waals surface area contributed by atoms with Crippen molar-refractivity contribution in [3.8, 4) is 33.1 Å². The zero-order valence-corrected chi connectivity index (χ0v) is 16.0. The van der Waals surface area contributed by atoms with Crippen LogP contribution in [0.5, 0.6) is 5.75 Å². The van der Waals surface area contributed by atoms with Crippen LogP contribution in [-0.2, 0) is 0 Å². The fourth-order valence-corrected chi connectivity index (χ4v) is 4.49. The average molecular weight is 451 g/mol. The average Bonchev–Trinajstić information content (AvgIpc) is 3.02. The molecule has 0 radical (unpaired) electrons. The molecule has 0 bridgehead atoms. The van der Waals surface area contributed by atoms with E-state index in [1.165, 1.54) is 18.2 Å². The van der Waals surface area contributed by atoms with Gasteiger partial charge >= 0.3 is 163 Å². The van der Waals surface area contributed by atoms with Gasteiger partial charge in [-0.15, -0.1) is 0 Å². The summed E-state index contributed by atoms with van der Waals surface area (Å²) >= 11 is -0.495. The van der Waals surface area contributed by atoms with Gasteiger partial charge < -0.3 is 0 Å². The van der Waals surface area contributed by atoms with E-state index >= 15 is 0 Å². The van der Waals surface area contributed by atoms with Crippen molar-refractivity contribution < 1.29 is 27.8 Å². The van der Waals surface area contributed by atoms with E-state index in [1.807, 2.05) is 6.07 Å². The number of carbonyl (C=O) groups is 1. The Morgan fingerprint density at radius 1 is 1.21 bits per heavy atom. The van der Waals surface area contributed by atoms with E-state index in [-0.39, 0.29) is 15.8 Å². The van der Waals surface area contributed by atoms with Gasteiger partial charge in [0.2, 0.25) is 0 Å². The van der Waals surface area contributed by atoms with Crippen molar-refractivity contribution in [2.75, 3.05) is 0 Å². The molecule has 1 N–H and O–H groups in total. The Labute approximate surface area is 163 Å². The number of carboxylic acids is 1. The molecule has 0 amide bonds. The van der Waals surface area contributed by atoms with Gasteiger partial charge in [0.15, 0.2) is 0 Å². The zero-order valence-electron chi connectivity index (χ0n) is 14.2. The molecule has 28 heavy (non-hydrogen) atoms. The number of aryl methyl sites for hydroxylation is 1. The predicted octanol–water partition coefficient (Wildman–Crippen LogP) is 4.25. The minimum absolute atomic E-state index is 0.238. The molecule has 0 spiro atoms. The Balaban J connectivity index is 2.01. The SMILES string of the molecule is Cc1nc(-c2ccc(-c3cccc(OC(F)(F)F)c3)c(C#N)c2)[se]c1C(=O)O. The molecule has 3 aromatic rings. The Kier molecular flexibility index (Phi) is 5.27. The zero-order chi connectivity index (χ0) is 20.5. The molecule has 0 atom stereocenters. The molecule has 0 aliphatic rings.